The fraction of sp³-hybridized carbons (Fsp3) is 0.680. The fourth-order valence-electron chi connectivity index (χ4n) is 6.14. The van der Waals surface area contributed by atoms with Crippen molar-refractivity contribution < 1.29 is 4.39 Å². The molecule has 1 atom stereocenters. The molecule has 1 aliphatic heterocycles. The second kappa shape index (κ2) is 7.03. The van der Waals surface area contributed by atoms with Crippen LogP contribution in [-0.4, -0.2) is 12.6 Å². The molecule has 1 heterocycles. The molecule has 2 aliphatic carbocycles. The maximum Gasteiger partial charge on any atom is 0.123 e. The van der Waals surface area contributed by atoms with E-state index in [1.165, 1.54) is 42.4 Å². The van der Waals surface area contributed by atoms with E-state index in [0.29, 0.717) is 22.8 Å². The minimum Gasteiger partial charge on any atom is -0.310 e. The third-order valence-corrected chi connectivity index (χ3v) is 6.89. The smallest absolute Gasteiger partial charge is 0.123 e. The van der Waals surface area contributed by atoms with Gasteiger partial charge in [0, 0.05) is 12.6 Å². The van der Waals surface area contributed by atoms with Crippen molar-refractivity contribution in [3.63, 3.8) is 0 Å². The van der Waals surface area contributed by atoms with E-state index in [0.717, 1.165) is 31.7 Å². The second-order valence-corrected chi connectivity index (χ2v) is 11.1. The van der Waals surface area contributed by atoms with Gasteiger partial charge in [0.05, 0.1) is 0 Å². The van der Waals surface area contributed by atoms with Crippen molar-refractivity contribution in [3.05, 3.63) is 41.2 Å². The molecule has 4 rings (SSSR count). The molecule has 0 bridgehead atoms. The zero-order valence-electron chi connectivity index (χ0n) is 17.6. The lowest BCUT2D eigenvalue weighted by Gasteiger charge is -2.45. The summed E-state index contributed by atoms with van der Waals surface area (Å²) in [6.07, 6.45) is 11.1. The van der Waals surface area contributed by atoms with Crippen molar-refractivity contribution in [2.24, 2.45) is 16.7 Å². The zero-order valence-corrected chi connectivity index (χ0v) is 17.6. The molecule has 0 amide bonds. The molecule has 0 saturated heterocycles. The van der Waals surface area contributed by atoms with Gasteiger partial charge in [-0.15, -0.1) is 0 Å². The Hall–Kier alpha value is -1.15. The van der Waals surface area contributed by atoms with Crippen molar-refractivity contribution in [3.8, 4) is 0 Å². The average molecular weight is 370 g/mol. The minimum absolute atomic E-state index is 0.0843. The third-order valence-electron chi connectivity index (χ3n) is 6.89. The van der Waals surface area contributed by atoms with E-state index in [9.17, 15) is 4.39 Å². The highest BCUT2D eigenvalue weighted by atomic mass is 19.1. The molecule has 0 spiro atoms. The van der Waals surface area contributed by atoms with Crippen LogP contribution in [0.4, 0.5) is 4.39 Å². The molecule has 0 aromatic heterocycles. The van der Waals surface area contributed by atoms with Gasteiger partial charge in [0.15, 0.2) is 0 Å². The average Bonchev–Trinajstić information content (AvgIpc) is 3.36. The summed E-state index contributed by atoms with van der Waals surface area (Å²) in [7, 11) is 0. The van der Waals surface area contributed by atoms with Crippen LogP contribution in [-0.2, 0) is 0 Å². The first-order valence-corrected chi connectivity index (χ1v) is 10.9. The summed E-state index contributed by atoms with van der Waals surface area (Å²) in [4.78, 5) is 0. The van der Waals surface area contributed by atoms with E-state index in [4.69, 9.17) is 0 Å². The van der Waals surface area contributed by atoms with Gasteiger partial charge in [-0.05, 0) is 83.6 Å². The summed E-state index contributed by atoms with van der Waals surface area (Å²) >= 11 is 0. The second-order valence-electron chi connectivity index (χ2n) is 11.1. The molecule has 2 heteroatoms. The molecular formula is C25H36FN. The fourth-order valence-corrected chi connectivity index (χ4v) is 6.14. The van der Waals surface area contributed by atoms with Gasteiger partial charge in [0.25, 0.3) is 0 Å². The topological polar surface area (TPSA) is 12.0 Å². The molecule has 2 fully saturated rings. The van der Waals surface area contributed by atoms with E-state index in [-0.39, 0.29) is 5.82 Å². The molecule has 3 aliphatic rings. The van der Waals surface area contributed by atoms with Gasteiger partial charge < -0.3 is 5.32 Å². The molecule has 0 radical (unpaired) electrons. The monoisotopic (exact) mass is 369 g/mol. The number of hydrogen-bond donors (Lipinski definition) is 1. The molecular weight excluding hydrogens is 333 g/mol. The van der Waals surface area contributed by atoms with Crippen molar-refractivity contribution in [2.75, 3.05) is 6.54 Å². The van der Waals surface area contributed by atoms with Gasteiger partial charge >= 0.3 is 0 Å². The minimum atomic E-state index is -0.0843. The number of rotatable bonds is 4. The van der Waals surface area contributed by atoms with Crippen molar-refractivity contribution >= 4 is 5.57 Å². The lowest BCUT2D eigenvalue weighted by atomic mass is 9.59. The molecule has 148 valence electrons. The summed E-state index contributed by atoms with van der Waals surface area (Å²) in [5.74, 6) is 1.31. The predicted octanol–water partition coefficient (Wildman–Crippen LogP) is 6.69. The summed E-state index contributed by atoms with van der Waals surface area (Å²) in [6, 6.07) is 6.16. The Morgan fingerprint density at radius 2 is 1.78 bits per heavy atom. The van der Waals surface area contributed by atoms with Crippen LogP contribution in [0.25, 0.3) is 5.57 Å². The highest BCUT2D eigenvalue weighted by Gasteiger charge is 2.40. The van der Waals surface area contributed by atoms with Gasteiger partial charge in [-0.2, -0.15) is 0 Å². The number of hydrogen-bond acceptors (Lipinski definition) is 1. The van der Waals surface area contributed by atoms with E-state index in [1.807, 2.05) is 6.07 Å². The summed E-state index contributed by atoms with van der Waals surface area (Å²) < 4.78 is 14.3. The van der Waals surface area contributed by atoms with Crippen LogP contribution in [0.15, 0.2) is 24.3 Å². The van der Waals surface area contributed by atoms with Gasteiger partial charge in [-0.25, -0.2) is 4.39 Å². The lowest BCUT2D eigenvalue weighted by molar-refractivity contribution is 0.0967. The first-order valence-electron chi connectivity index (χ1n) is 10.9. The van der Waals surface area contributed by atoms with Crippen LogP contribution in [0, 0.1) is 22.6 Å². The first-order chi connectivity index (χ1) is 12.7. The zero-order chi connectivity index (χ0) is 19.2. The molecule has 1 unspecified atom stereocenters. The van der Waals surface area contributed by atoms with Gasteiger partial charge in [-0.3, -0.25) is 0 Å². The number of benzene rings is 1. The number of nitrogens with one attached hydrogen (secondary N) is 1. The van der Waals surface area contributed by atoms with E-state index in [2.05, 4.69) is 45.2 Å². The lowest BCUT2D eigenvalue weighted by Crippen LogP contribution is -2.34. The largest absolute Gasteiger partial charge is 0.310 e. The Bertz CT molecular complexity index is 710. The molecule has 1 aromatic rings. The standard InChI is InChI=1S/C25H36FN/c1-24(2)14-19(15-25(3,4)16-24)23-13-20(26)7-8-22(23)18-9-10-27-21(12-18)11-17-5-6-17/h7-9,13,17,19,21,27H,5-6,10-12,14-16H2,1-4H3. The van der Waals surface area contributed by atoms with E-state index in [1.54, 1.807) is 6.07 Å². The molecule has 27 heavy (non-hydrogen) atoms. The van der Waals surface area contributed by atoms with E-state index < -0.39 is 0 Å². The van der Waals surface area contributed by atoms with Crippen LogP contribution < -0.4 is 5.32 Å². The quantitative estimate of drug-likeness (QED) is 0.623. The van der Waals surface area contributed by atoms with Gasteiger partial charge in [-0.1, -0.05) is 52.7 Å². The van der Waals surface area contributed by atoms with Gasteiger partial charge in [0.1, 0.15) is 5.82 Å². The summed E-state index contributed by atoms with van der Waals surface area (Å²) in [5.41, 5.74) is 4.64. The Morgan fingerprint density at radius 3 is 2.44 bits per heavy atom. The molecule has 2 saturated carbocycles. The molecule has 1 N–H and O–H groups in total. The first kappa shape index (κ1) is 19.2. The molecule has 1 nitrogen and oxygen atoms in total. The third kappa shape index (κ3) is 4.65. The Morgan fingerprint density at radius 1 is 1.07 bits per heavy atom. The molecule has 1 aromatic carbocycles. The number of halogens is 1. The Labute approximate surface area is 164 Å². The SMILES string of the molecule is CC1(C)CC(c2cc(F)ccc2C2=CCNC(CC3CC3)C2)CC(C)(C)C1. The van der Waals surface area contributed by atoms with Crippen molar-refractivity contribution in [2.45, 2.75) is 84.6 Å². The summed E-state index contributed by atoms with van der Waals surface area (Å²) in [6.45, 7) is 10.5. The highest BCUT2D eigenvalue weighted by Crippen LogP contribution is 2.53. The predicted molar refractivity (Wildman–Crippen MR) is 112 cm³/mol. The van der Waals surface area contributed by atoms with Crippen molar-refractivity contribution in [1.82, 2.24) is 5.32 Å². The Kier molecular flexibility index (Phi) is 4.99. The summed E-state index contributed by atoms with van der Waals surface area (Å²) in [5, 5.41) is 3.68. The maximum atomic E-state index is 14.3. The van der Waals surface area contributed by atoms with Gasteiger partial charge in [0.2, 0.25) is 0 Å². The van der Waals surface area contributed by atoms with Crippen LogP contribution in [0.5, 0.6) is 0 Å². The van der Waals surface area contributed by atoms with Crippen molar-refractivity contribution in [1.29, 1.82) is 0 Å². The highest BCUT2D eigenvalue weighted by molar-refractivity contribution is 5.70. The normalized spacial score (nSPS) is 28.0. The maximum absolute atomic E-state index is 14.3. The van der Waals surface area contributed by atoms with Crippen LogP contribution in [0.3, 0.4) is 0 Å². The van der Waals surface area contributed by atoms with Crippen LogP contribution >= 0.6 is 0 Å². The Balaban J connectivity index is 1.63. The van der Waals surface area contributed by atoms with Crippen LogP contribution in [0.2, 0.25) is 0 Å². The van der Waals surface area contributed by atoms with Crippen LogP contribution in [0.1, 0.15) is 89.7 Å². The van der Waals surface area contributed by atoms with E-state index >= 15 is 0 Å².